The molecule has 2 unspecified atom stereocenters. The largest absolute Gasteiger partial charge is 0.450 e. The van der Waals surface area contributed by atoms with Crippen molar-refractivity contribution in [3.05, 3.63) is 29.8 Å². The van der Waals surface area contributed by atoms with Crippen molar-refractivity contribution >= 4 is 17.6 Å². The highest BCUT2D eigenvalue weighted by molar-refractivity contribution is 5.87. The smallest absolute Gasteiger partial charge is 0.362 e. The van der Waals surface area contributed by atoms with E-state index in [1.54, 1.807) is 18.2 Å². The highest BCUT2D eigenvalue weighted by Gasteiger charge is 2.46. The van der Waals surface area contributed by atoms with Crippen LogP contribution in [0.15, 0.2) is 23.2 Å². The number of isocyanates is 1. The molecule has 1 heterocycles. The van der Waals surface area contributed by atoms with Crippen LogP contribution in [0, 0.1) is 12.0 Å². The van der Waals surface area contributed by atoms with Crippen LogP contribution < -0.4 is 5.32 Å². The molecular weight excluding hydrogens is 273 g/mol. The number of hydrogen-bond donors (Lipinski definition) is 1. The fraction of sp³-hybridized carbons (Fsp3) is 0.385. The Labute approximate surface area is 112 Å². The molecule has 0 aromatic heterocycles. The first-order valence-corrected chi connectivity index (χ1v) is 5.87. The minimum absolute atomic E-state index is 0.0496. The lowest BCUT2D eigenvalue weighted by atomic mass is 9.94. The summed E-state index contributed by atoms with van der Waals surface area (Å²) in [5, 5.41) is 2.69. The number of anilines is 1. The van der Waals surface area contributed by atoms with Crippen molar-refractivity contribution < 1.29 is 22.8 Å². The van der Waals surface area contributed by atoms with Gasteiger partial charge in [0.25, 0.3) is 0 Å². The van der Waals surface area contributed by atoms with E-state index in [4.69, 9.17) is 0 Å². The number of Topliss-reactive ketones (excluding diaryl/α,β-unsaturated/α-hetero) is 1. The first-order chi connectivity index (χ1) is 9.43. The Morgan fingerprint density at radius 1 is 1.50 bits per heavy atom. The van der Waals surface area contributed by atoms with E-state index < -0.39 is 24.0 Å². The van der Waals surface area contributed by atoms with Crippen molar-refractivity contribution in [2.75, 3.05) is 5.32 Å². The standard InChI is InChI=1S/C13H10F3N2O2/c14-13(15,16)11(20)9-6-5-8-3-1-2-4-10(8)18-12(9)17-7-19/h2-4,9,12,18H,5-6H2. The van der Waals surface area contributed by atoms with Gasteiger partial charge in [0, 0.05) is 5.69 Å². The summed E-state index contributed by atoms with van der Waals surface area (Å²) in [4.78, 5) is 25.1. The van der Waals surface area contributed by atoms with Crippen LogP contribution in [-0.4, -0.2) is 24.2 Å². The van der Waals surface area contributed by atoms with Crippen molar-refractivity contribution in [1.82, 2.24) is 0 Å². The Hall–Kier alpha value is -2.14. The number of halogens is 3. The van der Waals surface area contributed by atoms with Gasteiger partial charge in [0.05, 0.1) is 5.92 Å². The van der Waals surface area contributed by atoms with Crippen molar-refractivity contribution in [2.24, 2.45) is 10.9 Å². The Morgan fingerprint density at radius 2 is 2.25 bits per heavy atom. The van der Waals surface area contributed by atoms with Gasteiger partial charge in [0.1, 0.15) is 6.17 Å². The second-order valence-corrected chi connectivity index (χ2v) is 4.40. The molecule has 2 atom stereocenters. The van der Waals surface area contributed by atoms with Crippen LogP contribution in [0.25, 0.3) is 0 Å². The maximum Gasteiger partial charge on any atom is 0.450 e. The number of carbonyl (C=O) groups is 1. The summed E-state index contributed by atoms with van der Waals surface area (Å²) in [5.74, 6) is -3.32. The van der Waals surface area contributed by atoms with Crippen LogP contribution in [0.3, 0.4) is 0 Å². The van der Waals surface area contributed by atoms with Crippen LogP contribution in [0.5, 0.6) is 0 Å². The highest BCUT2D eigenvalue weighted by Crippen LogP contribution is 2.32. The van der Waals surface area contributed by atoms with E-state index >= 15 is 0 Å². The van der Waals surface area contributed by atoms with Crippen LogP contribution in [0.2, 0.25) is 0 Å². The van der Waals surface area contributed by atoms with Gasteiger partial charge >= 0.3 is 6.18 Å². The molecule has 1 N–H and O–H groups in total. The number of alkyl halides is 3. The lowest BCUT2D eigenvalue weighted by molar-refractivity contribution is -0.176. The lowest BCUT2D eigenvalue weighted by Gasteiger charge is -2.21. The summed E-state index contributed by atoms with van der Waals surface area (Å²) in [7, 11) is 0. The molecule has 0 aliphatic carbocycles. The van der Waals surface area contributed by atoms with Gasteiger partial charge in [0.2, 0.25) is 11.9 Å². The Morgan fingerprint density at radius 3 is 2.90 bits per heavy atom. The number of fused-ring (bicyclic) bond motifs is 1. The molecular formula is C13H10F3N2O2. The van der Waals surface area contributed by atoms with E-state index in [2.05, 4.69) is 16.4 Å². The van der Waals surface area contributed by atoms with Gasteiger partial charge in [-0.05, 0) is 36.6 Å². The molecule has 1 aromatic rings. The highest BCUT2D eigenvalue weighted by atomic mass is 19.4. The van der Waals surface area contributed by atoms with Gasteiger partial charge in [-0.3, -0.25) is 4.79 Å². The second-order valence-electron chi connectivity index (χ2n) is 4.40. The van der Waals surface area contributed by atoms with E-state index in [9.17, 15) is 22.8 Å². The molecule has 4 nitrogen and oxygen atoms in total. The van der Waals surface area contributed by atoms with Gasteiger partial charge in [0.15, 0.2) is 0 Å². The number of ketones is 1. The predicted molar refractivity (Wildman–Crippen MR) is 63.7 cm³/mol. The van der Waals surface area contributed by atoms with Crippen LogP contribution >= 0.6 is 0 Å². The fourth-order valence-corrected chi connectivity index (χ4v) is 2.21. The molecule has 0 saturated carbocycles. The molecule has 0 bridgehead atoms. The third kappa shape index (κ3) is 2.88. The number of aliphatic imine (C=N–C) groups is 1. The summed E-state index contributed by atoms with van der Waals surface area (Å²) in [5.41, 5.74) is 1.28. The molecule has 2 rings (SSSR count). The average Bonchev–Trinajstić information content (AvgIpc) is 2.56. The van der Waals surface area contributed by atoms with Gasteiger partial charge < -0.3 is 5.32 Å². The van der Waals surface area contributed by atoms with Gasteiger partial charge in [-0.1, -0.05) is 6.07 Å². The third-order valence-corrected chi connectivity index (χ3v) is 3.17. The Bertz CT molecular complexity index is 565. The van der Waals surface area contributed by atoms with Crippen molar-refractivity contribution in [1.29, 1.82) is 0 Å². The van der Waals surface area contributed by atoms with Gasteiger partial charge in [-0.2, -0.15) is 18.2 Å². The van der Waals surface area contributed by atoms with E-state index in [-0.39, 0.29) is 12.8 Å². The third-order valence-electron chi connectivity index (χ3n) is 3.17. The second kappa shape index (κ2) is 5.46. The van der Waals surface area contributed by atoms with Gasteiger partial charge in [-0.25, -0.2) is 4.79 Å². The Kier molecular flexibility index (Phi) is 3.90. The molecule has 1 aliphatic heterocycles. The number of nitrogens with zero attached hydrogens (tertiary/aromatic N) is 1. The lowest BCUT2D eigenvalue weighted by Crippen LogP contribution is -2.39. The van der Waals surface area contributed by atoms with Gasteiger partial charge in [-0.15, -0.1) is 0 Å². The monoisotopic (exact) mass is 283 g/mol. The fourth-order valence-electron chi connectivity index (χ4n) is 2.21. The summed E-state index contributed by atoms with van der Waals surface area (Å²) in [6.07, 6.45) is -4.77. The molecule has 105 valence electrons. The number of carbonyl (C=O) groups excluding carboxylic acids is 2. The van der Waals surface area contributed by atoms with Crippen LogP contribution in [-0.2, 0) is 16.0 Å². The Balaban J connectivity index is 2.35. The molecule has 20 heavy (non-hydrogen) atoms. The van der Waals surface area contributed by atoms with Crippen molar-refractivity contribution in [2.45, 2.75) is 25.2 Å². The maximum atomic E-state index is 12.6. The molecule has 0 saturated heterocycles. The zero-order valence-electron chi connectivity index (χ0n) is 10.2. The number of rotatable bonds is 2. The molecule has 1 aromatic carbocycles. The summed E-state index contributed by atoms with van der Waals surface area (Å²) >= 11 is 0. The first-order valence-electron chi connectivity index (χ1n) is 5.87. The molecule has 1 radical (unpaired) electrons. The topological polar surface area (TPSA) is 58.5 Å². The van der Waals surface area contributed by atoms with E-state index in [0.29, 0.717) is 5.69 Å². The SMILES string of the molecule is O=C=NC1Nc2cc[c]cc2CCC1C(=O)C(F)(F)F. The summed E-state index contributed by atoms with van der Waals surface area (Å²) < 4.78 is 37.8. The predicted octanol–water partition coefficient (Wildman–Crippen LogP) is 2.25. The summed E-state index contributed by atoms with van der Waals surface area (Å²) in [6.45, 7) is 0. The summed E-state index contributed by atoms with van der Waals surface area (Å²) in [6, 6.07) is 7.64. The van der Waals surface area contributed by atoms with E-state index in [1.165, 1.54) is 6.08 Å². The zero-order valence-corrected chi connectivity index (χ0v) is 10.2. The average molecular weight is 283 g/mol. The first kappa shape index (κ1) is 14.3. The minimum Gasteiger partial charge on any atom is -0.362 e. The number of benzene rings is 1. The zero-order chi connectivity index (χ0) is 14.8. The minimum atomic E-state index is -4.95. The van der Waals surface area contributed by atoms with Crippen LogP contribution in [0.4, 0.5) is 18.9 Å². The van der Waals surface area contributed by atoms with Crippen molar-refractivity contribution in [3.63, 3.8) is 0 Å². The molecule has 7 heteroatoms. The quantitative estimate of drug-likeness (QED) is 0.669. The van der Waals surface area contributed by atoms with E-state index in [1.807, 2.05) is 0 Å². The number of hydrogen-bond acceptors (Lipinski definition) is 4. The van der Waals surface area contributed by atoms with E-state index in [0.717, 1.165) is 5.56 Å². The number of nitrogens with one attached hydrogen (secondary N) is 1. The molecule has 1 aliphatic rings. The van der Waals surface area contributed by atoms with Crippen LogP contribution in [0.1, 0.15) is 12.0 Å². The maximum absolute atomic E-state index is 12.6. The molecule has 0 fully saturated rings. The molecule has 0 spiro atoms. The molecule has 0 amide bonds. The number of aryl methyl sites for hydroxylation is 1. The normalized spacial score (nSPS) is 21.9. The van der Waals surface area contributed by atoms with Crippen molar-refractivity contribution in [3.8, 4) is 0 Å².